The molecule has 0 radical (unpaired) electrons. The maximum Gasteiger partial charge on any atom is 0.254 e. The second kappa shape index (κ2) is 7.21. The molecule has 1 aliphatic rings. The standard InChI is InChI=1S/C15H22N2O4S/c1-3-17(4-2)22(19,20)14-7-5-6-13(12-14)15(18)16-8-10-21-11-9-16/h5-7,12H,3-4,8-11H2,1-2H3. The van der Waals surface area contributed by atoms with Gasteiger partial charge in [-0.05, 0) is 18.2 Å². The van der Waals surface area contributed by atoms with Crippen LogP contribution >= 0.6 is 0 Å². The molecule has 22 heavy (non-hydrogen) atoms. The van der Waals surface area contributed by atoms with Gasteiger partial charge in [0, 0.05) is 31.7 Å². The molecule has 1 saturated heterocycles. The first-order valence-corrected chi connectivity index (χ1v) is 8.92. The summed E-state index contributed by atoms with van der Waals surface area (Å²) in [6, 6.07) is 6.26. The van der Waals surface area contributed by atoms with E-state index in [1.807, 2.05) is 0 Å². The Morgan fingerprint density at radius 1 is 1.23 bits per heavy atom. The summed E-state index contributed by atoms with van der Waals surface area (Å²) in [6.45, 7) is 6.50. The molecule has 1 aromatic carbocycles. The second-order valence-electron chi connectivity index (χ2n) is 5.02. The number of nitrogens with zero attached hydrogens (tertiary/aromatic N) is 2. The summed E-state index contributed by atoms with van der Waals surface area (Å²) in [5, 5.41) is 0. The predicted molar refractivity (Wildman–Crippen MR) is 83.3 cm³/mol. The van der Waals surface area contributed by atoms with E-state index in [4.69, 9.17) is 4.74 Å². The first kappa shape index (κ1) is 16.9. The van der Waals surface area contributed by atoms with E-state index in [0.29, 0.717) is 45.0 Å². The van der Waals surface area contributed by atoms with Gasteiger partial charge in [-0.1, -0.05) is 19.9 Å². The molecule has 0 spiro atoms. The van der Waals surface area contributed by atoms with E-state index in [0.717, 1.165) is 0 Å². The molecule has 1 amide bonds. The highest BCUT2D eigenvalue weighted by molar-refractivity contribution is 7.89. The molecule has 0 saturated carbocycles. The number of ether oxygens (including phenoxy) is 1. The fourth-order valence-electron chi connectivity index (χ4n) is 2.45. The lowest BCUT2D eigenvalue weighted by Crippen LogP contribution is -2.40. The van der Waals surface area contributed by atoms with Crippen molar-refractivity contribution in [2.75, 3.05) is 39.4 Å². The van der Waals surface area contributed by atoms with Gasteiger partial charge in [-0.15, -0.1) is 0 Å². The lowest BCUT2D eigenvalue weighted by atomic mass is 10.2. The van der Waals surface area contributed by atoms with Crippen LogP contribution in [0.4, 0.5) is 0 Å². The van der Waals surface area contributed by atoms with Gasteiger partial charge in [0.1, 0.15) is 0 Å². The lowest BCUT2D eigenvalue weighted by molar-refractivity contribution is 0.0302. The van der Waals surface area contributed by atoms with Crippen LogP contribution < -0.4 is 0 Å². The average Bonchev–Trinajstić information content (AvgIpc) is 2.56. The summed E-state index contributed by atoms with van der Waals surface area (Å²) in [7, 11) is -3.55. The molecule has 1 aliphatic heterocycles. The summed E-state index contributed by atoms with van der Waals surface area (Å²) >= 11 is 0. The number of hydrogen-bond acceptors (Lipinski definition) is 4. The maximum atomic E-state index is 12.5. The highest BCUT2D eigenvalue weighted by atomic mass is 32.2. The highest BCUT2D eigenvalue weighted by Gasteiger charge is 2.24. The predicted octanol–water partition coefficient (Wildman–Crippen LogP) is 1.19. The molecule has 122 valence electrons. The van der Waals surface area contributed by atoms with Crippen LogP contribution in [0.3, 0.4) is 0 Å². The Morgan fingerprint density at radius 2 is 1.86 bits per heavy atom. The fourth-order valence-corrected chi connectivity index (χ4v) is 3.96. The summed E-state index contributed by atoms with van der Waals surface area (Å²) in [4.78, 5) is 14.3. The van der Waals surface area contributed by atoms with Crippen molar-refractivity contribution in [3.05, 3.63) is 29.8 Å². The summed E-state index contributed by atoms with van der Waals surface area (Å²) in [6.07, 6.45) is 0. The van der Waals surface area contributed by atoms with Crippen molar-refractivity contribution in [2.24, 2.45) is 0 Å². The van der Waals surface area contributed by atoms with Crippen LogP contribution in [-0.2, 0) is 14.8 Å². The molecule has 0 unspecified atom stereocenters. The molecular weight excluding hydrogens is 304 g/mol. The van der Waals surface area contributed by atoms with Gasteiger partial charge in [-0.2, -0.15) is 4.31 Å². The minimum absolute atomic E-state index is 0.153. The van der Waals surface area contributed by atoms with Gasteiger partial charge in [0.15, 0.2) is 0 Å². The van der Waals surface area contributed by atoms with Crippen molar-refractivity contribution in [1.82, 2.24) is 9.21 Å². The molecule has 6 nitrogen and oxygen atoms in total. The van der Waals surface area contributed by atoms with Crippen LogP contribution in [0.15, 0.2) is 29.2 Å². The van der Waals surface area contributed by atoms with Gasteiger partial charge >= 0.3 is 0 Å². The summed E-state index contributed by atoms with van der Waals surface area (Å²) in [5.41, 5.74) is 0.398. The zero-order valence-electron chi connectivity index (χ0n) is 13.0. The zero-order chi connectivity index (χ0) is 16.2. The van der Waals surface area contributed by atoms with Crippen LogP contribution in [0.2, 0.25) is 0 Å². The summed E-state index contributed by atoms with van der Waals surface area (Å²) < 4.78 is 31.7. The third-order valence-corrected chi connectivity index (χ3v) is 5.77. The monoisotopic (exact) mass is 326 g/mol. The number of rotatable bonds is 5. The molecule has 1 heterocycles. The number of carbonyl (C=O) groups excluding carboxylic acids is 1. The molecular formula is C15H22N2O4S. The Bertz CT molecular complexity index is 620. The quantitative estimate of drug-likeness (QED) is 0.815. The first-order chi connectivity index (χ1) is 10.5. The average molecular weight is 326 g/mol. The van der Waals surface area contributed by atoms with E-state index in [-0.39, 0.29) is 10.8 Å². The van der Waals surface area contributed by atoms with E-state index >= 15 is 0 Å². The minimum Gasteiger partial charge on any atom is -0.378 e. The Balaban J connectivity index is 2.28. The molecule has 0 aromatic heterocycles. The van der Waals surface area contributed by atoms with E-state index in [1.165, 1.54) is 16.4 Å². The summed E-state index contributed by atoms with van der Waals surface area (Å²) in [5.74, 6) is -0.153. The number of sulfonamides is 1. The van der Waals surface area contributed by atoms with Crippen LogP contribution in [-0.4, -0.2) is 62.9 Å². The molecule has 0 aliphatic carbocycles. The number of hydrogen-bond donors (Lipinski definition) is 0. The van der Waals surface area contributed by atoms with Crippen LogP contribution in [0.1, 0.15) is 24.2 Å². The Kier molecular flexibility index (Phi) is 5.55. The van der Waals surface area contributed by atoms with Gasteiger partial charge < -0.3 is 9.64 Å². The van der Waals surface area contributed by atoms with Crippen LogP contribution in [0.25, 0.3) is 0 Å². The van der Waals surface area contributed by atoms with E-state index in [2.05, 4.69) is 0 Å². The van der Waals surface area contributed by atoms with Crippen molar-refractivity contribution in [1.29, 1.82) is 0 Å². The largest absolute Gasteiger partial charge is 0.378 e. The normalized spacial score (nSPS) is 16.0. The van der Waals surface area contributed by atoms with E-state index in [9.17, 15) is 13.2 Å². The van der Waals surface area contributed by atoms with E-state index in [1.54, 1.807) is 30.9 Å². The maximum absolute atomic E-state index is 12.5. The van der Waals surface area contributed by atoms with Crippen molar-refractivity contribution in [3.63, 3.8) is 0 Å². The third-order valence-electron chi connectivity index (χ3n) is 3.72. The lowest BCUT2D eigenvalue weighted by Gasteiger charge is -2.27. The number of benzene rings is 1. The fraction of sp³-hybridized carbons (Fsp3) is 0.533. The molecule has 7 heteroatoms. The van der Waals surface area contributed by atoms with Crippen molar-refractivity contribution in [2.45, 2.75) is 18.7 Å². The van der Waals surface area contributed by atoms with Crippen molar-refractivity contribution >= 4 is 15.9 Å². The second-order valence-corrected chi connectivity index (χ2v) is 6.96. The van der Waals surface area contributed by atoms with Crippen molar-refractivity contribution < 1.29 is 17.9 Å². The molecule has 1 fully saturated rings. The van der Waals surface area contributed by atoms with Gasteiger partial charge in [-0.25, -0.2) is 8.42 Å². The van der Waals surface area contributed by atoms with Crippen LogP contribution in [0.5, 0.6) is 0 Å². The Morgan fingerprint density at radius 3 is 2.45 bits per heavy atom. The van der Waals surface area contributed by atoms with Crippen LogP contribution in [0, 0.1) is 0 Å². The number of morpholine rings is 1. The molecule has 0 bridgehead atoms. The number of carbonyl (C=O) groups is 1. The van der Waals surface area contributed by atoms with Gasteiger partial charge in [0.2, 0.25) is 10.0 Å². The first-order valence-electron chi connectivity index (χ1n) is 7.48. The van der Waals surface area contributed by atoms with E-state index < -0.39 is 10.0 Å². The topological polar surface area (TPSA) is 66.9 Å². The SMILES string of the molecule is CCN(CC)S(=O)(=O)c1cccc(C(=O)N2CCOCC2)c1. The molecule has 0 N–H and O–H groups in total. The van der Waals surface area contributed by atoms with Gasteiger partial charge in [-0.3, -0.25) is 4.79 Å². The number of amides is 1. The minimum atomic E-state index is -3.55. The Hall–Kier alpha value is -1.44. The van der Waals surface area contributed by atoms with Gasteiger partial charge in [0.05, 0.1) is 18.1 Å². The molecule has 1 aromatic rings. The molecule has 2 rings (SSSR count). The third kappa shape index (κ3) is 3.48. The molecule has 0 atom stereocenters. The zero-order valence-corrected chi connectivity index (χ0v) is 13.8. The Labute approximate surface area is 131 Å². The smallest absolute Gasteiger partial charge is 0.254 e. The highest BCUT2D eigenvalue weighted by Crippen LogP contribution is 2.18. The van der Waals surface area contributed by atoms with Gasteiger partial charge in [0.25, 0.3) is 5.91 Å². The van der Waals surface area contributed by atoms with Crippen molar-refractivity contribution in [3.8, 4) is 0 Å².